The Balaban J connectivity index is 2.42. The molecule has 4 heteroatoms. The van der Waals surface area contributed by atoms with Crippen LogP contribution in [0.4, 0.5) is 11.4 Å². The molecule has 4 nitrogen and oxygen atoms in total. The number of benzene rings is 2. The zero-order valence-electron chi connectivity index (χ0n) is 11.3. The number of nitrogens with one attached hydrogen (secondary N) is 1. The molecule has 0 spiro atoms. The summed E-state index contributed by atoms with van der Waals surface area (Å²) in [4.78, 5) is 0. The van der Waals surface area contributed by atoms with Gasteiger partial charge in [-0.25, -0.2) is 0 Å². The molecule has 0 saturated heterocycles. The summed E-state index contributed by atoms with van der Waals surface area (Å²) < 4.78 is 16.0. The Kier molecular flexibility index (Phi) is 4.13. The summed E-state index contributed by atoms with van der Waals surface area (Å²) in [6.07, 6.45) is 0. The van der Waals surface area contributed by atoms with Gasteiger partial charge in [0.2, 0.25) is 0 Å². The number of hydrogen-bond donors (Lipinski definition) is 1. The first kappa shape index (κ1) is 13.1. The third kappa shape index (κ3) is 2.91. The van der Waals surface area contributed by atoms with Crippen LogP contribution >= 0.6 is 0 Å². The first-order valence-electron chi connectivity index (χ1n) is 5.90. The second-order valence-corrected chi connectivity index (χ2v) is 3.90. The van der Waals surface area contributed by atoms with Crippen LogP contribution in [0, 0.1) is 0 Å². The molecule has 0 aliphatic rings. The topological polar surface area (TPSA) is 39.7 Å². The summed E-state index contributed by atoms with van der Waals surface area (Å²) in [5.74, 6) is 2.02. The van der Waals surface area contributed by atoms with Crippen LogP contribution in [0.25, 0.3) is 0 Å². The largest absolute Gasteiger partial charge is 0.496 e. The highest BCUT2D eigenvalue weighted by atomic mass is 16.5. The number of ether oxygens (including phenoxy) is 3. The molecule has 0 saturated carbocycles. The lowest BCUT2D eigenvalue weighted by atomic mass is 10.2. The normalized spacial score (nSPS) is 9.84. The van der Waals surface area contributed by atoms with E-state index in [1.54, 1.807) is 21.3 Å². The maximum atomic E-state index is 5.38. The molecule has 2 rings (SSSR count). The molecular formula is C15H17NO3. The van der Waals surface area contributed by atoms with Crippen molar-refractivity contribution < 1.29 is 14.2 Å². The lowest BCUT2D eigenvalue weighted by Gasteiger charge is -2.16. The molecule has 19 heavy (non-hydrogen) atoms. The van der Waals surface area contributed by atoms with Crippen molar-refractivity contribution in [3.05, 3.63) is 42.5 Å². The number of hydrogen-bond acceptors (Lipinski definition) is 4. The van der Waals surface area contributed by atoms with Crippen molar-refractivity contribution in [1.29, 1.82) is 0 Å². The van der Waals surface area contributed by atoms with Gasteiger partial charge in [0.15, 0.2) is 0 Å². The van der Waals surface area contributed by atoms with Gasteiger partial charge >= 0.3 is 0 Å². The van der Waals surface area contributed by atoms with E-state index in [1.165, 1.54) is 0 Å². The Morgan fingerprint density at radius 2 is 1.37 bits per heavy atom. The summed E-state index contributed by atoms with van der Waals surface area (Å²) in [6, 6.07) is 13.5. The lowest BCUT2D eigenvalue weighted by molar-refractivity contribution is 0.378. The highest BCUT2D eigenvalue weighted by Gasteiger charge is 2.13. The minimum absolute atomic E-state index is 0.667. The van der Waals surface area contributed by atoms with Crippen LogP contribution in [0.2, 0.25) is 0 Å². The van der Waals surface area contributed by atoms with Gasteiger partial charge in [0.25, 0.3) is 0 Å². The average Bonchev–Trinajstić information content (AvgIpc) is 2.48. The summed E-state index contributed by atoms with van der Waals surface area (Å²) in [5.41, 5.74) is 1.74. The van der Waals surface area contributed by atoms with Crippen LogP contribution < -0.4 is 19.5 Å². The number of rotatable bonds is 5. The van der Waals surface area contributed by atoms with E-state index >= 15 is 0 Å². The van der Waals surface area contributed by atoms with E-state index in [9.17, 15) is 0 Å². The maximum absolute atomic E-state index is 5.38. The Labute approximate surface area is 112 Å². The number of para-hydroxylation sites is 1. The summed E-state index contributed by atoms with van der Waals surface area (Å²) in [6.45, 7) is 0. The fourth-order valence-electron chi connectivity index (χ4n) is 1.79. The minimum Gasteiger partial charge on any atom is -0.496 e. The predicted octanol–water partition coefficient (Wildman–Crippen LogP) is 3.46. The van der Waals surface area contributed by atoms with Crippen molar-refractivity contribution in [3.63, 3.8) is 0 Å². The molecule has 0 amide bonds. The molecule has 100 valence electrons. The molecule has 2 aromatic rings. The van der Waals surface area contributed by atoms with E-state index in [-0.39, 0.29) is 0 Å². The molecule has 0 aliphatic heterocycles. The van der Waals surface area contributed by atoms with Crippen LogP contribution in [-0.2, 0) is 0 Å². The van der Waals surface area contributed by atoms with Crippen LogP contribution in [0.1, 0.15) is 0 Å². The molecule has 0 aromatic heterocycles. The number of methoxy groups -OCH3 is 3. The van der Waals surface area contributed by atoms with Crippen molar-refractivity contribution in [2.24, 2.45) is 0 Å². The van der Waals surface area contributed by atoms with E-state index in [0.29, 0.717) is 17.2 Å². The average molecular weight is 259 g/mol. The lowest BCUT2D eigenvalue weighted by Crippen LogP contribution is -1.99. The van der Waals surface area contributed by atoms with Gasteiger partial charge in [0.1, 0.15) is 22.9 Å². The van der Waals surface area contributed by atoms with Gasteiger partial charge in [0, 0.05) is 17.8 Å². The molecule has 0 heterocycles. The highest BCUT2D eigenvalue weighted by molar-refractivity contribution is 5.74. The van der Waals surface area contributed by atoms with Crippen molar-refractivity contribution in [1.82, 2.24) is 0 Å². The zero-order chi connectivity index (χ0) is 13.7. The quantitative estimate of drug-likeness (QED) is 0.892. The Hall–Kier alpha value is -2.36. The Bertz CT molecular complexity index is 515. The van der Waals surface area contributed by atoms with E-state index in [0.717, 1.165) is 11.4 Å². The first-order valence-corrected chi connectivity index (χ1v) is 5.90. The molecular weight excluding hydrogens is 242 g/mol. The van der Waals surface area contributed by atoms with E-state index in [2.05, 4.69) is 5.32 Å². The highest BCUT2D eigenvalue weighted by Crippen LogP contribution is 2.40. The van der Waals surface area contributed by atoms with E-state index < -0.39 is 0 Å². The standard InChI is InChI=1S/C15H17NO3/c1-17-12-9-13(18-2)15(14(10-12)19-3)16-11-7-5-4-6-8-11/h4-10,16H,1-3H3. The smallest absolute Gasteiger partial charge is 0.149 e. The second kappa shape index (κ2) is 6.00. The number of anilines is 2. The second-order valence-electron chi connectivity index (χ2n) is 3.90. The van der Waals surface area contributed by atoms with Crippen LogP contribution in [0.15, 0.2) is 42.5 Å². The van der Waals surface area contributed by atoms with Crippen LogP contribution in [0.3, 0.4) is 0 Å². The Morgan fingerprint density at radius 3 is 1.84 bits per heavy atom. The van der Waals surface area contributed by atoms with Gasteiger partial charge in [-0.2, -0.15) is 0 Å². The molecule has 1 N–H and O–H groups in total. The van der Waals surface area contributed by atoms with Crippen molar-refractivity contribution >= 4 is 11.4 Å². The first-order chi connectivity index (χ1) is 9.28. The minimum atomic E-state index is 0.667. The summed E-state index contributed by atoms with van der Waals surface area (Å²) >= 11 is 0. The van der Waals surface area contributed by atoms with Crippen LogP contribution in [0.5, 0.6) is 17.2 Å². The third-order valence-electron chi connectivity index (χ3n) is 2.76. The van der Waals surface area contributed by atoms with Gasteiger partial charge in [0.05, 0.1) is 21.3 Å². The van der Waals surface area contributed by atoms with Gasteiger partial charge in [-0.1, -0.05) is 18.2 Å². The molecule has 0 atom stereocenters. The molecule has 0 radical (unpaired) electrons. The van der Waals surface area contributed by atoms with Crippen LogP contribution in [-0.4, -0.2) is 21.3 Å². The van der Waals surface area contributed by atoms with Gasteiger partial charge in [-0.3, -0.25) is 0 Å². The fraction of sp³-hybridized carbons (Fsp3) is 0.200. The summed E-state index contributed by atoms with van der Waals surface area (Å²) in [5, 5.41) is 3.29. The van der Waals surface area contributed by atoms with E-state index in [1.807, 2.05) is 42.5 Å². The monoisotopic (exact) mass is 259 g/mol. The summed E-state index contributed by atoms with van der Waals surface area (Å²) in [7, 11) is 4.84. The zero-order valence-corrected chi connectivity index (χ0v) is 11.3. The molecule has 2 aromatic carbocycles. The van der Waals surface area contributed by atoms with E-state index in [4.69, 9.17) is 14.2 Å². The fourth-order valence-corrected chi connectivity index (χ4v) is 1.79. The maximum Gasteiger partial charge on any atom is 0.149 e. The molecule has 0 bridgehead atoms. The molecule has 0 fully saturated rings. The van der Waals surface area contributed by atoms with Gasteiger partial charge in [-0.05, 0) is 12.1 Å². The Morgan fingerprint density at radius 1 is 0.789 bits per heavy atom. The van der Waals surface area contributed by atoms with Crippen molar-refractivity contribution in [2.45, 2.75) is 0 Å². The third-order valence-corrected chi connectivity index (χ3v) is 2.76. The SMILES string of the molecule is COc1cc(OC)c(Nc2ccccc2)c(OC)c1. The predicted molar refractivity (Wildman–Crippen MR) is 75.8 cm³/mol. The molecule has 0 aliphatic carbocycles. The van der Waals surface area contributed by atoms with Crippen molar-refractivity contribution in [3.8, 4) is 17.2 Å². The van der Waals surface area contributed by atoms with Crippen molar-refractivity contribution in [2.75, 3.05) is 26.6 Å². The van der Waals surface area contributed by atoms with Gasteiger partial charge < -0.3 is 19.5 Å². The molecule has 0 unspecified atom stereocenters. The van der Waals surface area contributed by atoms with Gasteiger partial charge in [-0.15, -0.1) is 0 Å².